The fourth-order valence-electron chi connectivity index (χ4n) is 3.70. The molecule has 0 bridgehead atoms. The summed E-state index contributed by atoms with van der Waals surface area (Å²) in [6.45, 7) is 5.32. The lowest BCUT2D eigenvalue weighted by Crippen LogP contribution is -2.53. The van der Waals surface area contributed by atoms with Crippen LogP contribution in [-0.4, -0.2) is 66.4 Å². The number of methoxy groups -OCH3 is 2. The van der Waals surface area contributed by atoms with Gasteiger partial charge in [-0.2, -0.15) is 0 Å². The van der Waals surface area contributed by atoms with E-state index in [1.807, 2.05) is 48.5 Å². The van der Waals surface area contributed by atoms with Crippen LogP contribution in [-0.2, 0) is 25.5 Å². The summed E-state index contributed by atoms with van der Waals surface area (Å²) in [6.07, 6.45) is -0.305. The zero-order valence-corrected chi connectivity index (χ0v) is 21.5. The van der Waals surface area contributed by atoms with Crippen LogP contribution in [0.4, 0.5) is 4.79 Å². The molecule has 0 radical (unpaired) electrons. The number of carbonyl (C=O) groups excluding carboxylic acids is 3. The number of para-hydroxylation sites is 1. The highest BCUT2D eigenvalue weighted by Crippen LogP contribution is 2.30. The quantitative estimate of drug-likeness (QED) is 0.577. The smallest absolute Gasteiger partial charge is 0.411 e. The molecule has 1 saturated heterocycles. The van der Waals surface area contributed by atoms with E-state index in [1.54, 1.807) is 27.9 Å². The maximum absolute atomic E-state index is 13.1. The average Bonchev–Trinajstić information content (AvgIpc) is 3.33. The van der Waals surface area contributed by atoms with Gasteiger partial charge in [0.2, 0.25) is 5.91 Å². The largest absolute Gasteiger partial charge is 0.496 e. The Hall–Kier alpha value is -3.20. The Bertz CT molecular complexity index is 1050. The van der Waals surface area contributed by atoms with Crippen molar-refractivity contribution in [2.75, 3.05) is 25.8 Å². The third-order valence-corrected chi connectivity index (χ3v) is 6.44. The van der Waals surface area contributed by atoms with E-state index in [9.17, 15) is 14.4 Å². The molecule has 1 aliphatic heterocycles. The van der Waals surface area contributed by atoms with Crippen molar-refractivity contribution in [3.63, 3.8) is 0 Å². The highest BCUT2D eigenvalue weighted by Gasteiger charge is 2.38. The van der Waals surface area contributed by atoms with Crippen LogP contribution in [0.2, 0.25) is 0 Å². The summed E-state index contributed by atoms with van der Waals surface area (Å²) in [5, 5.41) is 2.77. The third-order valence-electron chi connectivity index (χ3n) is 5.43. The van der Waals surface area contributed by atoms with Gasteiger partial charge in [0.05, 0.1) is 20.1 Å². The molecule has 2 amide bonds. The summed E-state index contributed by atoms with van der Waals surface area (Å²) in [6, 6.07) is 13.8. The minimum atomic E-state index is -0.893. The molecule has 9 heteroatoms. The highest BCUT2D eigenvalue weighted by atomic mass is 32.2. The second-order valence-electron chi connectivity index (χ2n) is 9.15. The van der Waals surface area contributed by atoms with Gasteiger partial charge in [0.1, 0.15) is 23.4 Å². The van der Waals surface area contributed by atoms with Crippen LogP contribution in [0.15, 0.2) is 48.5 Å². The number of esters is 1. The summed E-state index contributed by atoms with van der Waals surface area (Å²) in [5.41, 5.74) is 2.11. The summed E-state index contributed by atoms with van der Waals surface area (Å²) in [4.78, 5) is 39.5. The summed E-state index contributed by atoms with van der Waals surface area (Å²) in [7, 11) is 2.91. The number of nitrogens with one attached hydrogen (secondary N) is 1. The van der Waals surface area contributed by atoms with Crippen LogP contribution in [0.3, 0.4) is 0 Å². The topological polar surface area (TPSA) is 94.2 Å². The predicted molar refractivity (Wildman–Crippen MR) is 135 cm³/mol. The van der Waals surface area contributed by atoms with Crippen molar-refractivity contribution >= 4 is 29.7 Å². The van der Waals surface area contributed by atoms with Gasteiger partial charge in [0, 0.05) is 17.7 Å². The molecule has 2 aromatic rings. The predicted octanol–water partition coefficient (Wildman–Crippen LogP) is 3.87. The molecule has 0 saturated carbocycles. The molecule has 0 aromatic heterocycles. The second-order valence-corrected chi connectivity index (χ2v) is 10.2. The van der Waals surface area contributed by atoms with E-state index in [2.05, 4.69) is 5.32 Å². The van der Waals surface area contributed by atoms with Gasteiger partial charge < -0.3 is 19.5 Å². The Morgan fingerprint density at radius 1 is 1.09 bits per heavy atom. The van der Waals surface area contributed by atoms with Gasteiger partial charge in [-0.05, 0) is 38.0 Å². The van der Waals surface area contributed by atoms with Gasteiger partial charge in [0.15, 0.2) is 0 Å². The van der Waals surface area contributed by atoms with Crippen molar-refractivity contribution in [1.82, 2.24) is 10.2 Å². The molecule has 188 valence electrons. The lowest BCUT2D eigenvalue weighted by atomic mass is 10.00. The molecule has 35 heavy (non-hydrogen) atoms. The Morgan fingerprint density at radius 3 is 2.40 bits per heavy atom. The molecular formula is C26H32N2O6S. The molecule has 1 fully saturated rings. The van der Waals surface area contributed by atoms with Crippen LogP contribution in [0.5, 0.6) is 5.75 Å². The molecule has 3 rings (SSSR count). The maximum atomic E-state index is 13.1. The van der Waals surface area contributed by atoms with E-state index in [-0.39, 0.29) is 6.42 Å². The first-order chi connectivity index (χ1) is 16.6. The molecule has 2 atom stereocenters. The van der Waals surface area contributed by atoms with Crippen molar-refractivity contribution in [1.29, 1.82) is 0 Å². The number of benzene rings is 2. The van der Waals surface area contributed by atoms with E-state index in [0.717, 1.165) is 22.4 Å². The maximum Gasteiger partial charge on any atom is 0.411 e. The molecule has 1 aliphatic rings. The second kappa shape index (κ2) is 11.5. The van der Waals surface area contributed by atoms with E-state index >= 15 is 0 Å². The molecule has 1 heterocycles. The number of hydrogen-bond acceptors (Lipinski definition) is 7. The minimum Gasteiger partial charge on any atom is -0.496 e. The van der Waals surface area contributed by atoms with Crippen LogP contribution in [0, 0.1) is 0 Å². The highest BCUT2D eigenvalue weighted by molar-refractivity contribution is 7.99. The van der Waals surface area contributed by atoms with Crippen molar-refractivity contribution < 1.29 is 28.6 Å². The van der Waals surface area contributed by atoms with E-state index < -0.39 is 35.7 Å². The molecule has 0 aliphatic carbocycles. The van der Waals surface area contributed by atoms with Gasteiger partial charge >= 0.3 is 12.1 Å². The number of carbonyl (C=O) groups is 3. The molecular weight excluding hydrogens is 468 g/mol. The van der Waals surface area contributed by atoms with Gasteiger partial charge in [-0.15, -0.1) is 11.8 Å². The van der Waals surface area contributed by atoms with Crippen molar-refractivity contribution in [3.8, 4) is 16.9 Å². The summed E-state index contributed by atoms with van der Waals surface area (Å²) in [5.74, 6) is 0.569. The van der Waals surface area contributed by atoms with Crippen molar-refractivity contribution in [3.05, 3.63) is 54.1 Å². The molecule has 2 aromatic carbocycles. The summed E-state index contributed by atoms with van der Waals surface area (Å²) >= 11 is 1.46. The standard InChI is InChI=1S/C26H32N2O6S/c1-26(2,3)34-25(31)28-16-35-15-21(28)23(29)27-20(24(30)33-5)14-17-10-12-18(13-11-17)19-8-6-7-9-22(19)32-4/h6-13,20-21H,14-16H2,1-5H3,(H,27,29)/t20-,21+/m0/s1. The van der Waals surface area contributed by atoms with E-state index in [1.165, 1.54) is 23.8 Å². The molecule has 0 unspecified atom stereocenters. The van der Waals surface area contributed by atoms with Crippen LogP contribution < -0.4 is 10.1 Å². The Balaban J connectivity index is 1.71. The molecule has 0 spiro atoms. The molecule has 8 nitrogen and oxygen atoms in total. The number of amides is 2. The number of ether oxygens (including phenoxy) is 3. The van der Waals surface area contributed by atoms with E-state index in [0.29, 0.717) is 11.6 Å². The Labute approximate surface area is 210 Å². The summed E-state index contributed by atoms with van der Waals surface area (Å²) < 4.78 is 15.8. The fourth-order valence-corrected chi connectivity index (χ4v) is 4.85. The van der Waals surface area contributed by atoms with Crippen LogP contribution in [0.25, 0.3) is 11.1 Å². The third kappa shape index (κ3) is 6.91. The Morgan fingerprint density at radius 2 is 1.77 bits per heavy atom. The monoisotopic (exact) mass is 500 g/mol. The van der Waals surface area contributed by atoms with Gasteiger partial charge in [0.25, 0.3) is 0 Å². The number of thioether (sulfide) groups is 1. The zero-order chi connectivity index (χ0) is 25.6. The Kier molecular flexibility index (Phi) is 8.67. The van der Waals surface area contributed by atoms with Gasteiger partial charge in [-0.3, -0.25) is 9.69 Å². The minimum absolute atomic E-state index is 0.247. The molecule has 1 N–H and O–H groups in total. The normalized spacial score (nSPS) is 16.4. The van der Waals surface area contributed by atoms with Gasteiger partial charge in [-0.25, -0.2) is 9.59 Å². The van der Waals surface area contributed by atoms with Crippen LogP contribution in [0.1, 0.15) is 26.3 Å². The SMILES string of the molecule is COC(=O)[C@H](Cc1ccc(-c2ccccc2OC)cc1)NC(=O)[C@H]1CSCN1C(=O)OC(C)(C)C. The first-order valence-corrected chi connectivity index (χ1v) is 12.5. The van der Waals surface area contributed by atoms with Crippen molar-refractivity contribution in [2.45, 2.75) is 44.9 Å². The average molecular weight is 501 g/mol. The lowest BCUT2D eigenvalue weighted by Gasteiger charge is -2.28. The van der Waals surface area contributed by atoms with E-state index in [4.69, 9.17) is 14.2 Å². The van der Waals surface area contributed by atoms with Crippen LogP contribution >= 0.6 is 11.8 Å². The number of hydrogen-bond donors (Lipinski definition) is 1. The fraction of sp³-hybridized carbons (Fsp3) is 0.423. The van der Waals surface area contributed by atoms with Gasteiger partial charge in [-0.1, -0.05) is 42.5 Å². The van der Waals surface area contributed by atoms with Crippen molar-refractivity contribution in [2.24, 2.45) is 0 Å². The number of nitrogens with zero attached hydrogens (tertiary/aromatic N) is 1. The lowest BCUT2D eigenvalue weighted by molar-refractivity contribution is -0.145. The zero-order valence-electron chi connectivity index (χ0n) is 20.7. The first-order valence-electron chi connectivity index (χ1n) is 11.3. The number of rotatable bonds is 7. The first kappa shape index (κ1) is 26.4.